The van der Waals surface area contributed by atoms with Gasteiger partial charge in [0.1, 0.15) is 5.75 Å². The van der Waals surface area contributed by atoms with Crippen molar-refractivity contribution in [1.82, 2.24) is 19.7 Å². The van der Waals surface area contributed by atoms with Gasteiger partial charge >= 0.3 is 0 Å². The maximum absolute atomic E-state index is 9.60. The van der Waals surface area contributed by atoms with Crippen molar-refractivity contribution in [3.8, 4) is 17.1 Å². The van der Waals surface area contributed by atoms with E-state index in [-0.39, 0.29) is 5.75 Å². The van der Waals surface area contributed by atoms with Crippen molar-refractivity contribution in [1.29, 1.82) is 0 Å². The second-order valence-corrected chi connectivity index (χ2v) is 8.24. The first kappa shape index (κ1) is 19.0. The van der Waals surface area contributed by atoms with Gasteiger partial charge in [-0.05, 0) is 55.8 Å². The fraction of sp³-hybridized carbons (Fsp3) is 0.364. The molecule has 28 heavy (non-hydrogen) atoms. The molecule has 1 saturated heterocycles. The molecule has 0 atom stereocenters. The van der Waals surface area contributed by atoms with E-state index >= 15 is 0 Å². The lowest BCUT2D eigenvalue weighted by atomic mass is 10.1. The second-order valence-electron chi connectivity index (χ2n) is 7.18. The van der Waals surface area contributed by atoms with Gasteiger partial charge in [-0.2, -0.15) is 0 Å². The highest BCUT2D eigenvalue weighted by atomic mass is 32.2. The fourth-order valence-corrected chi connectivity index (χ4v) is 4.51. The van der Waals surface area contributed by atoms with Gasteiger partial charge in [-0.1, -0.05) is 48.5 Å². The molecule has 0 aliphatic carbocycles. The zero-order valence-corrected chi connectivity index (χ0v) is 16.8. The predicted octanol–water partition coefficient (Wildman–Crippen LogP) is 4.28. The van der Waals surface area contributed by atoms with Gasteiger partial charge in [0.2, 0.25) is 0 Å². The monoisotopic (exact) mass is 394 g/mol. The average Bonchev–Trinajstić information content (AvgIpc) is 3.13. The first-order valence-electron chi connectivity index (χ1n) is 9.91. The highest BCUT2D eigenvalue weighted by molar-refractivity contribution is 7.99. The third-order valence-corrected chi connectivity index (χ3v) is 6.06. The SMILES string of the molecule is Oc1ccc(-c2nnc(SCCN3CCCCC3)n2Cc2ccccc2)cc1. The molecule has 2 heterocycles. The van der Waals surface area contributed by atoms with Crippen LogP contribution in [0.4, 0.5) is 0 Å². The smallest absolute Gasteiger partial charge is 0.191 e. The Bertz CT molecular complexity index is 873. The first-order valence-corrected chi connectivity index (χ1v) is 10.9. The van der Waals surface area contributed by atoms with Crippen molar-refractivity contribution in [3.63, 3.8) is 0 Å². The van der Waals surface area contributed by atoms with Gasteiger partial charge in [-0.3, -0.25) is 4.57 Å². The predicted molar refractivity (Wildman–Crippen MR) is 114 cm³/mol. The van der Waals surface area contributed by atoms with E-state index in [2.05, 4.69) is 43.9 Å². The third-order valence-electron chi connectivity index (χ3n) is 5.11. The third kappa shape index (κ3) is 4.75. The number of hydrogen-bond donors (Lipinski definition) is 1. The van der Waals surface area contributed by atoms with E-state index in [1.807, 2.05) is 18.2 Å². The number of rotatable bonds is 7. The number of phenols is 1. The molecule has 5 nitrogen and oxygen atoms in total. The van der Waals surface area contributed by atoms with Crippen LogP contribution in [-0.4, -0.2) is 50.2 Å². The zero-order valence-electron chi connectivity index (χ0n) is 16.0. The van der Waals surface area contributed by atoms with Crippen LogP contribution in [0.1, 0.15) is 24.8 Å². The molecule has 146 valence electrons. The lowest BCUT2D eigenvalue weighted by Crippen LogP contribution is -2.31. The maximum atomic E-state index is 9.60. The number of piperidine rings is 1. The summed E-state index contributed by atoms with van der Waals surface area (Å²) in [7, 11) is 0. The fourth-order valence-electron chi connectivity index (χ4n) is 3.58. The summed E-state index contributed by atoms with van der Waals surface area (Å²) in [4.78, 5) is 2.55. The van der Waals surface area contributed by atoms with E-state index in [1.165, 1.54) is 37.9 Å². The Morgan fingerprint density at radius 3 is 2.39 bits per heavy atom. The van der Waals surface area contributed by atoms with Crippen molar-refractivity contribution in [2.24, 2.45) is 0 Å². The summed E-state index contributed by atoms with van der Waals surface area (Å²) < 4.78 is 2.18. The minimum absolute atomic E-state index is 0.258. The Hall–Kier alpha value is -2.31. The summed E-state index contributed by atoms with van der Waals surface area (Å²) in [6, 6.07) is 17.6. The highest BCUT2D eigenvalue weighted by Gasteiger charge is 2.16. The van der Waals surface area contributed by atoms with E-state index in [9.17, 15) is 5.11 Å². The lowest BCUT2D eigenvalue weighted by molar-refractivity contribution is 0.242. The van der Waals surface area contributed by atoms with Gasteiger partial charge in [0.05, 0.1) is 6.54 Å². The van der Waals surface area contributed by atoms with Crippen LogP contribution in [0.25, 0.3) is 11.4 Å². The summed E-state index contributed by atoms with van der Waals surface area (Å²) >= 11 is 1.78. The standard InChI is InChI=1S/C22H26N4OS/c27-20-11-9-19(10-12-20)21-23-24-22(26(21)17-18-7-3-1-4-8-18)28-16-15-25-13-5-2-6-14-25/h1,3-4,7-12,27H,2,5-6,13-17H2. The highest BCUT2D eigenvalue weighted by Crippen LogP contribution is 2.26. The Morgan fingerprint density at radius 1 is 0.893 bits per heavy atom. The summed E-state index contributed by atoms with van der Waals surface area (Å²) in [6.45, 7) is 4.26. The molecule has 0 saturated carbocycles. The molecular formula is C22H26N4OS. The Balaban J connectivity index is 1.53. The quantitative estimate of drug-likeness (QED) is 0.606. The molecule has 2 aromatic carbocycles. The van der Waals surface area contributed by atoms with Crippen LogP contribution in [0, 0.1) is 0 Å². The number of aromatic nitrogens is 3. The molecule has 0 unspecified atom stereocenters. The van der Waals surface area contributed by atoms with Crippen LogP contribution < -0.4 is 0 Å². The molecule has 0 amide bonds. The lowest BCUT2D eigenvalue weighted by Gasteiger charge is -2.25. The second kappa shape index (κ2) is 9.26. The van der Waals surface area contributed by atoms with E-state index in [0.29, 0.717) is 0 Å². The maximum Gasteiger partial charge on any atom is 0.191 e. The molecule has 4 rings (SSSR count). The minimum atomic E-state index is 0.258. The molecule has 1 aromatic heterocycles. The Kier molecular flexibility index (Phi) is 6.29. The zero-order chi connectivity index (χ0) is 19.2. The van der Waals surface area contributed by atoms with Gasteiger partial charge < -0.3 is 10.0 Å². The number of thioether (sulfide) groups is 1. The summed E-state index contributed by atoms with van der Waals surface area (Å²) in [5, 5.41) is 19.5. The van der Waals surface area contributed by atoms with Gasteiger partial charge in [-0.25, -0.2) is 0 Å². The van der Waals surface area contributed by atoms with Crippen molar-refractivity contribution < 1.29 is 5.11 Å². The topological polar surface area (TPSA) is 54.2 Å². The van der Waals surface area contributed by atoms with Crippen molar-refractivity contribution >= 4 is 11.8 Å². The molecule has 1 N–H and O–H groups in total. The molecule has 0 spiro atoms. The number of aromatic hydroxyl groups is 1. The van der Waals surface area contributed by atoms with Crippen LogP contribution in [-0.2, 0) is 6.54 Å². The molecule has 6 heteroatoms. The normalized spacial score (nSPS) is 15.0. The van der Waals surface area contributed by atoms with Crippen LogP contribution in [0.3, 0.4) is 0 Å². The van der Waals surface area contributed by atoms with Gasteiger partial charge in [0.25, 0.3) is 0 Å². The van der Waals surface area contributed by atoms with Crippen LogP contribution in [0.2, 0.25) is 0 Å². The molecule has 1 aliphatic heterocycles. The molecular weight excluding hydrogens is 368 g/mol. The average molecular weight is 395 g/mol. The summed E-state index contributed by atoms with van der Waals surface area (Å²) in [6.07, 6.45) is 4.00. The number of hydrogen-bond acceptors (Lipinski definition) is 5. The number of phenolic OH excluding ortho intramolecular Hbond substituents is 1. The Labute approximate surface area is 170 Å². The van der Waals surface area contributed by atoms with Gasteiger partial charge in [0.15, 0.2) is 11.0 Å². The molecule has 0 bridgehead atoms. The van der Waals surface area contributed by atoms with E-state index in [4.69, 9.17) is 0 Å². The first-order chi connectivity index (χ1) is 13.8. The van der Waals surface area contributed by atoms with E-state index in [1.54, 1.807) is 23.9 Å². The minimum Gasteiger partial charge on any atom is -0.508 e. The summed E-state index contributed by atoms with van der Waals surface area (Å²) in [5.41, 5.74) is 2.18. The number of nitrogens with zero attached hydrogens (tertiary/aromatic N) is 4. The van der Waals surface area contributed by atoms with Crippen molar-refractivity contribution in [3.05, 3.63) is 60.2 Å². The van der Waals surface area contributed by atoms with Crippen LogP contribution in [0.15, 0.2) is 59.8 Å². The van der Waals surface area contributed by atoms with Gasteiger partial charge in [0, 0.05) is 17.9 Å². The number of likely N-dealkylation sites (tertiary alicyclic amines) is 1. The van der Waals surface area contributed by atoms with Crippen LogP contribution >= 0.6 is 11.8 Å². The molecule has 0 radical (unpaired) electrons. The molecule has 1 aliphatic rings. The summed E-state index contributed by atoms with van der Waals surface area (Å²) in [5.74, 6) is 2.11. The molecule has 1 fully saturated rings. The van der Waals surface area contributed by atoms with Gasteiger partial charge in [-0.15, -0.1) is 10.2 Å². The largest absolute Gasteiger partial charge is 0.508 e. The van der Waals surface area contributed by atoms with Crippen molar-refractivity contribution in [2.45, 2.75) is 31.0 Å². The Morgan fingerprint density at radius 2 is 1.64 bits per heavy atom. The van der Waals surface area contributed by atoms with Crippen LogP contribution in [0.5, 0.6) is 5.75 Å². The van der Waals surface area contributed by atoms with E-state index in [0.717, 1.165) is 35.4 Å². The van der Waals surface area contributed by atoms with E-state index < -0.39 is 0 Å². The van der Waals surface area contributed by atoms with Crippen molar-refractivity contribution in [2.75, 3.05) is 25.4 Å². The molecule has 3 aromatic rings. The number of benzene rings is 2.